The van der Waals surface area contributed by atoms with Crippen LogP contribution in [-0.2, 0) is 0 Å². The van der Waals surface area contributed by atoms with Gasteiger partial charge in [0.2, 0.25) is 0 Å². The third kappa shape index (κ3) is 2.91. The summed E-state index contributed by atoms with van der Waals surface area (Å²) in [6.45, 7) is 3.83. The summed E-state index contributed by atoms with van der Waals surface area (Å²) in [5, 5.41) is 0. The highest BCUT2D eigenvalue weighted by atomic mass is 19.1. The van der Waals surface area contributed by atoms with Gasteiger partial charge in [0.15, 0.2) is 0 Å². The van der Waals surface area contributed by atoms with Crippen molar-refractivity contribution in [3.8, 4) is 0 Å². The van der Waals surface area contributed by atoms with Crippen LogP contribution in [0.25, 0.3) is 0 Å². The molecule has 2 rings (SSSR count). The molecule has 0 saturated carbocycles. The normalized spacial score (nSPS) is 10.1. The van der Waals surface area contributed by atoms with E-state index in [2.05, 4.69) is 6.58 Å². The minimum absolute atomic E-state index is 0.169. The fourth-order valence-electron chi connectivity index (χ4n) is 1.85. The van der Waals surface area contributed by atoms with Crippen LogP contribution in [0, 0.1) is 11.6 Å². The Kier molecular flexibility index (Phi) is 4.25. The molecule has 0 spiro atoms. The number of amides is 1. The van der Waals surface area contributed by atoms with Crippen LogP contribution in [0.15, 0.2) is 61.2 Å². The first-order valence-corrected chi connectivity index (χ1v) is 6.06. The van der Waals surface area contributed by atoms with E-state index in [1.165, 1.54) is 4.90 Å². The van der Waals surface area contributed by atoms with Crippen molar-refractivity contribution in [3.63, 3.8) is 0 Å². The molecule has 2 aromatic carbocycles. The van der Waals surface area contributed by atoms with Crippen molar-refractivity contribution in [2.75, 3.05) is 11.4 Å². The van der Waals surface area contributed by atoms with E-state index in [4.69, 9.17) is 0 Å². The molecule has 0 N–H and O–H groups in total. The van der Waals surface area contributed by atoms with Crippen LogP contribution < -0.4 is 4.90 Å². The number of rotatable bonds is 4. The van der Waals surface area contributed by atoms with Crippen LogP contribution in [-0.4, -0.2) is 12.5 Å². The minimum Gasteiger partial charge on any atom is -0.304 e. The first kappa shape index (κ1) is 13.9. The summed E-state index contributed by atoms with van der Waals surface area (Å²) in [6, 6.07) is 11.8. The number of halogens is 2. The Labute approximate surface area is 116 Å². The van der Waals surface area contributed by atoms with E-state index < -0.39 is 17.5 Å². The van der Waals surface area contributed by atoms with Crippen molar-refractivity contribution in [3.05, 3.63) is 78.4 Å². The summed E-state index contributed by atoms with van der Waals surface area (Å²) in [4.78, 5) is 13.8. The number of carbonyl (C=O) groups is 1. The lowest BCUT2D eigenvalue weighted by atomic mass is 10.1. The van der Waals surface area contributed by atoms with Crippen molar-refractivity contribution in [1.82, 2.24) is 0 Å². The van der Waals surface area contributed by atoms with Crippen molar-refractivity contribution in [1.29, 1.82) is 0 Å². The van der Waals surface area contributed by atoms with E-state index in [1.807, 2.05) is 6.07 Å². The maximum absolute atomic E-state index is 13.7. The predicted octanol–water partition coefficient (Wildman–Crippen LogP) is 3.80. The molecule has 4 heteroatoms. The second-order valence-electron chi connectivity index (χ2n) is 4.16. The summed E-state index contributed by atoms with van der Waals surface area (Å²) < 4.78 is 26.6. The second-order valence-corrected chi connectivity index (χ2v) is 4.16. The minimum atomic E-state index is -0.875. The third-order valence-electron chi connectivity index (χ3n) is 2.79. The van der Waals surface area contributed by atoms with Gasteiger partial charge in [0.25, 0.3) is 5.91 Å². The molecule has 1 amide bonds. The number of carbonyl (C=O) groups excluding carboxylic acids is 1. The van der Waals surface area contributed by atoms with Crippen molar-refractivity contribution >= 4 is 11.6 Å². The average molecular weight is 273 g/mol. The maximum atomic E-state index is 13.7. The Morgan fingerprint density at radius 3 is 2.45 bits per heavy atom. The monoisotopic (exact) mass is 273 g/mol. The van der Waals surface area contributed by atoms with Gasteiger partial charge in [-0.25, -0.2) is 8.78 Å². The Balaban J connectivity index is 2.39. The molecule has 2 nitrogen and oxygen atoms in total. The van der Waals surface area contributed by atoms with Gasteiger partial charge in [0.1, 0.15) is 11.6 Å². The largest absolute Gasteiger partial charge is 0.304 e. The smallest absolute Gasteiger partial charge is 0.261 e. The summed E-state index contributed by atoms with van der Waals surface area (Å²) in [5.41, 5.74) is 0.457. The molecular formula is C16H13F2NO. The summed E-state index contributed by atoms with van der Waals surface area (Å²) in [5.74, 6) is -2.12. The van der Waals surface area contributed by atoms with Crippen LogP contribution in [0.3, 0.4) is 0 Å². The number of benzene rings is 2. The first-order valence-electron chi connectivity index (χ1n) is 6.06. The van der Waals surface area contributed by atoms with E-state index >= 15 is 0 Å². The molecule has 0 saturated heterocycles. The number of hydrogen-bond acceptors (Lipinski definition) is 1. The van der Waals surface area contributed by atoms with Gasteiger partial charge in [0, 0.05) is 18.3 Å². The van der Waals surface area contributed by atoms with Gasteiger partial charge in [-0.1, -0.05) is 24.3 Å². The van der Waals surface area contributed by atoms with Crippen molar-refractivity contribution < 1.29 is 13.6 Å². The number of para-hydroxylation sites is 1. The molecular weight excluding hydrogens is 260 g/mol. The fraction of sp³-hybridized carbons (Fsp3) is 0.0625. The van der Waals surface area contributed by atoms with Crippen LogP contribution in [0.1, 0.15) is 10.4 Å². The molecule has 0 bridgehead atoms. The molecule has 0 atom stereocenters. The first-order chi connectivity index (χ1) is 9.63. The number of hydrogen-bond donors (Lipinski definition) is 0. The Morgan fingerprint density at radius 2 is 1.85 bits per heavy atom. The Bertz CT molecular complexity index is 626. The number of nitrogens with zero attached hydrogens (tertiary/aromatic N) is 1. The van der Waals surface area contributed by atoms with Crippen LogP contribution in [0.2, 0.25) is 0 Å². The average Bonchev–Trinajstić information content (AvgIpc) is 2.45. The van der Waals surface area contributed by atoms with Gasteiger partial charge < -0.3 is 4.90 Å². The molecule has 20 heavy (non-hydrogen) atoms. The van der Waals surface area contributed by atoms with E-state index in [-0.39, 0.29) is 12.1 Å². The molecule has 102 valence electrons. The van der Waals surface area contributed by atoms with Gasteiger partial charge in [-0.15, -0.1) is 6.58 Å². The molecule has 0 aliphatic rings. The van der Waals surface area contributed by atoms with Gasteiger partial charge >= 0.3 is 0 Å². The molecule has 0 unspecified atom stereocenters. The van der Waals surface area contributed by atoms with Gasteiger partial charge in [-0.2, -0.15) is 0 Å². The molecule has 0 aromatic heterocycles. The fourth-order valence-corrected chi connectivity index (χ4v) is 1.85. The number of anilines is 1. The highest BCUT2D eigenvalue weighted by Gasteiger charge is 2.20. The molecule has 2 aromatic rings. The zero-order valence-electron chi connectivity index (χ0n) is 10.7. The van der Waals surface area contributed by atoms with Crippen LogP contribution in [0.4, 0.5) is 14.5 Å². The quantitative estimate of drug-likeness (QED) is 0.776. The molecule has 0 fully saturated rings. The highest BCUT2D eigenvalue weighted by molar-refractivity contribution is 6.06. The van der Waals surface area contributed by atoms with Crippen LogP contribution >= 0.6 is 0 Å². The third-order valence-corrected chi connectivity index (χ3v) is 2.79. The maximum Gasteiger partial charge on any atom is 0.261 e. The van der Waals surface area contributed by atoms with Gasteiger partial charge in [-0.05, 0) is 24.3 Å². The standard InChI is InChI=1S/C16H13F2NO/c1-2-10-19(13-6-4-3-5-7-13)16(20)14-9-8-12(17)11-15(14)18/h2-9,11H,1,10H2. The highest BCUT2D eigenvalue weighted by Crippen LogP contribution is 2.19. The molecule has 0 heterocycles. The van der Waals surface area contributed by atoms with Crippen molar-refractivity contribution in [2.24, 2.45) is 0 Å². The lowest BCUT2D eigenvalue weighted by molar-refractivity contribution is 0.0986. The summed E-state index contributed by atoms with van der Waals surface area (Å²) in [7, 11) is 0. The lowest BCUT2D eigenvalue weighted by Crippen LogP contribution is -2.31. The Morgan fingerprint density at radius 1 is 1.15 bits per heavy atom. The topological polar surface area (TPSA) is 20.3 Å². The summed E-state index contributed by atoms with van der Waals surface area (Å²) in [6.07, 6.45) is 1.55. The predicted molar refractivity (Wildman–Crippen MR) is 74.7 cm³/mol. The molecule has 0 aliphatic carbocycles. The zero-order valence-corrected chi connectivity index (χ0v) is 10.7. The van der Waals surface area contributed by atoms with E-state index in [0.717, 1.165) is 12.1 Å². The van der Waals surface area contributed by atoms with E-state index in [9.17, 15) is 13.6 Å². The lowest BCUT2D eigenvalue weighted by Gasteiger charge is -2.21. The Hall–Kier alpha value is -2.49. The summed E-state index contributed by atoms with van der Waals surface area (Å²) >= 11 is 0. The SMILES string of the molecule is C=CCN(C(=O)c1ccc(F)cc1F)c1ccccc1. The van der Waals surface area contributed by atoms with Gasteiger partial charge in [0.05, 0.1) is 5.56 Å². The molecule has 0 aliphatic heterocycles. The second kappa shape index (κ2) is 6.10. The zero-order chi connectivity index (χ0) is 14.5. The van der Waals surface area contributed by atoms with E-state index in [0.29, 0.717) is 11.8 Å². The molecule has 0 radical (unpaired) electrons. The van der Waals surface area contributed by atoms with Gasteiger partial charge in [-0.3, -0.25) is 4.79 Å². The van der Waals surface area contributed by atoms with E-state index in [1.54, 1.807) is 30.3 Å². The van der Waals surface area contributed by atoms with Crippen molar-refractivity contribution in [2.45, 2.75) is 0 Å². The van der Waals surface area contributed by atoms with Crippen LogP contribution in [0.5, 0.6) is 0 Å².